The Hall–Kier alpha value is -1.48. The molecule has 0 aromatic rings. The van der Waals surface area contributed by atoms with E-state index in [-0.39, 0.29) is 0 Å². The minimum absolute atomic E-state index is 0.529. The Morgan fingerprint density at radius 1 is 1.45 bits per heavy atom. The number of rotatable bonds is 5. The number of thiol groups is 1. The molecule has 108 valence electrons. The number of aliphatic imine (C=N–C) groups is 1. The Morgan fingerprint density at radius 2 is 2.15 bits per heavy atom. The van der Waals surface area contributed by atoms with E-state index in [1.165, 1.54) is 24.0 Å². The van der Waals surface area contributed by atoms with Crippen molar-refractivity contribution < 1.29 is 0 Å². The molecule has 0 fully saturated rings. The van der Waals surface area contributed by atoms with Crippen molar-refractivity contribution in [3.63, 3.8) is 0 Å². The van der Waals surface area contributed by atoms with E-state index in [0.29, 0.717) is 22.2 Å². The third-order valence-corrected chi connectivity index (χ3v) is 3.60. The molecule has 0 aliphatic heterocycles. The molecule has 1 aliphatic carbocycles. The lowest BCUT2D eigenvalue weighted by Gasteiger charge is -2.23. The predicted octanol–water partition coefficient (Wildman–Crippen LogP) is 4.55. The van der Waals surface area contributed by atoms with Crippen LogP contribution in [0.3, 0.4) is 0 Å². The second-order valence-corrected chi connectivity index (χ2v) is 5.60. The molecule has 0 aromatic carbocycles. The van der Waals surface area contributed by atoms with Crippen LogP contribution in [0.2, 0.25) is 0 Å². The van der Waals surface area contributed by atoms with Gasteiger partial charge in [-0.05, 0) is 50.7 Å². The van der Waals surface area contributed by atoms with Gasteiger partial charge in [0, 0.05) is 11.1 Å². The van der Waals surface area contributed by atoms with Crippen LogP contribution in [0.15, 0.2) is 63.8 Å². The predicted molar refractivity (Wildman–Crippen MR) is 92.9 cm³/mol. The van der Waals surface area contributed by atoms with Gasteiger partial charge in [0.1, 0.15) is 0 Å². The highest BCUT2D eigenvalue weighted by molar-refractivity contribution is 7.85. The number of hydrogen-bond donors (Lipinski definition) is 2. The molecule has 2 N–H and O–H groups in total. The Bertz CT molecular complexity index is 507. The molecular formula is C17H24N2S. The third-order valence-electron chi connectivity index (χ3n) is 3.48. The fourth-order valence-corrected chi connectivity index (χ4v) is 2.38. The maximum absolute atomic E-state index is 6.06. The van der Waals surface area contributed by atoms with Gasteiger partial charge < -0.3 is 5.73 Å². The molecule has 3 heteroatoms. The first-order valence-electron chi connectivity index (χ1n) is 6.86. The van der Waals surface area contributed by atoms with E-state index in [2.05, 4.69) is 56.8 Å². The van der Waals surface area contributed by atoms with E-state index < -0.39 is 0 Å². The average Bonchev–Trinajstić information content (AvgIpc) is 2.40. The molecule has 0 radical (unpaired) electrons. The maximum atomic E-state index is 6.06. The van der Waals surface area contributed by atoms with Gasteiger partial charge in [-0.25, -0.2) is 0 Å². The largest absolute Gasteiger partial charge is 0.397 e. The fourth-order valence-electron chi connectivity index (χ4n) is 2.32. The molecule has 0 aromatic heterocycles. The summed E-state index contributed by atoms with van der Waals surface area (Å²) in [6.07, 6.45) is 11.4. The van der Waals surface area contributed by atoms with E-state index in [0.717, 1.165) is 6.42 Å². The second kappa shape index (κ2) is 7.95. The van der Waals surface area contributed by atoms with Crippen molar-refractivity contribution in [2.24, 2.45) is 16.6 Å². The normalized spacial score (nSPS) is 20.9. The summed E-state index contributed by atoms with van der Waals surface area (Å²) in [5.74, 6) is 0.529. The Kier molecular flexibility index (Phi) is 6.59. The van der Waals surface area contributed by atoms with Gasteiger partial charge in [0.15, 0.2) is 0 Å². The van der Waals surface area contributed by atoms with Crippen LogP contribution in [0.5, 0.6) is 0 Å². The molecule has 1 atom stereocenters. The standard InChI is InChI=1S/C17H24N2S/c1-5-7-15-8-6-9-16(13(15)3)10-17(18)14(4)19-11-12(2)20/h5,7,10-11,15,20H,2,4,6,8-9,18H2,1,3H3/b7-5-,17-10+,19-11?. The van der Waals surface area contributed by atoms with Crippen molar-refractivity contribution in [1.82, 2.24) is 0 Å². The summed E-state index contributed by atoms with van der Waals surface area (Å²) in [5, 5.41) is 0. The number of nitrogens with two attached hydrogens (primary N) is 1. The lowest BCUT2D eigenvalue weighted by molar-refractivity contribution is 0.584. The zero-order chi connectivity index (χ0) is 15.1. The number of allylic oxidation sites excluding steroid dienone is 6. The summed E-state index contributed by atoms with van der Waals surface area (Å²) in [6, 6.07) is 0. The fraction of sp³-hybridized carbons (Fsp3) is 0.353. The molecule has 2 nitrogen and oxygen atoms in total. The molecule has 1 rings (SSSR count). The Morgan fingerprint density at radius 3 is 2.75 bits per heavy atom. The highest BCUT2D eigenvalue weighted by atomic mass is 32.1. The van der Waals surface area contributed by atoms with Gasteiger partial charge in [0.25, 0.3) is 0 Å². The number of nitrogens with zero attached hydrogens (tertiary/aromatic N) is 1. The van der Waals surface area contributed by atoms with Crippen LogP contribution in [0.4, 0.5) is 0 Å². The highest BCUT2D eigenvalue weighted by Gasteiger charge is 2.16. The van der Waals surface area contributed by atoms with Crippen LogP contribution in [-0.4, -0.2) is 6.21 Å². The quantitative estimate of drug-likeness (QED) is 0.331. The van der Waals surface area contributed by atoms with Crippen molar-refractivity contribution in [2.75, 3.05) is 0 Å². The van der Waals surface area contributed by atoms with Gasteiger partial charge in [-0.15, -0.1) is 12.6 Å². The summed E-state index contributed by atoms with van der Waals surface area (Å²) in [4.78, 5) is 4.73. The van der Waals surface area contributed by atoms with Crippen molar-refractivity contribution in [1.29, 1.82) is 0 Å². The summed E-state index contributed by atoms with van der Waals surface area (Å²) in [5.41, 5.74) is 9.91. The van der Waals surface area contributed by atoms with Crippen LogP contribution in [-0.2, 0) is 0 Å². The van der Waals surface area contributed by atoms with Gasteiger partial charge in [0.05, 0.1) is 11.4 Å². The van der Waals surface area contributed by atoms with E-state index in [1.807, 2.05) is 6.08 Å². The molecule has 1 unspecified atom stereocenters. The second-order valence-electron chi connectivity index (χ2n) is 5.03. The van der Waals surface area contributed by atoms with E-state index in [1.54, 1.807) is 6.21 Å². The lowest BCUT2D eigenvalue weighted by Crippen LogP contribution is -2.09. The van der Waals surface area contributed by atoms with E-state index in [4.69, 9.17) is 5.73 Å². The van der Waals surface area contributed by atoms with Crippen LogP contribution >= 0.6 is 12.6 Å². The SMILES string of the molecule is C=C(S)C=NC(=C)/C(N)=C\C1=C(C)C(/C=C\C)CCC1. The van der Waals surface area contributed by atoms with Gasteiger partial charge in [-0.3, -0.25) is 4.99 Å². The summed E-state index contributed by atoms with van der Waals surface area (Å²) in [6.45, 7) is 11.8. The Balaban J connectivity index is 2.93. The van der Waals surface area contributed by atoms with Crippen molar-refractivity contribution in [3.8, 4) is 0 Å². The number of hydrogen-bond acceptors (Lipinski definition) is 3. The molecule has 1 aliphatic rings. The van der Waals surface area contributed by atoms with Crippen molar-refractivity contribution in [2.45, 2.75) is 33.1 Å². The first kappa shape index (κ1) is 16.6. The minimum Gasteiger partial charge on any atom is -0.397 e. The third kappa shape index (κ3) is 4.89. The highest BCUT2D eigenvalue weighted by Crippen LogP contribution is 2.32. The van der Waals surface area contributed by atoms with Gasteiger partial charge in [-0.1, -0.05) is 30.9 Å². The van der Waals surface area contributed by atoms with Crippen LogP contribution < -0.4 is 5.73 Å². The molecule has 0 spiro atoms. The van der Waals surface area contributed by atoms with Crippen molar-refractivity contribution >= 4 is 18.8 Å². The molecular weight excluding hydrogens is 264 g/mol. The first-order valence-corrected chi connectivity index (χ1v) is 7.31. The maximum Gasteiger partial charge on any atom is 0.0787 e. The average molecular weight is 288 g/mol. The van der Waals surface area contributed by atoms with E-state index >= 15 is 0 Å². The molecule has 0 saturated heterocycles. The monoisotopic (exact) mass is 288 g/mol. The molecule has 0 amide bonds. The Labute approximate surface area is 128 Å². The molecule has 0 heterocycles. The minimum atomic E-state index is 0.529. The summed E-state index contributed by atoms with van der Waals surface area (Å²) < 4.78 is 0. The topological polar surface area (TPSA) is 38.4 Å². The van der Waals surface area contributed by atoms with Crippen molar-refractivity contribution in [3.05, 3.63) is 58.8 Å². The smallest absolute Gasteiger partial charge is 0.0787 e. The van der Waals surface area contributed by atoms with Gasteiger partial charge in [-0.2, -0.15) is 0 Å². The van der Waals surface area contributed by atoms with Crippen LogP contribution in [0.1, 0.15) is 33.1 Å². The summed E-state index contributed by atoms with van der Waals surface area (Å²) in [7, 11) is 0. The van der Waals surface area contributed by atoms with Crippen LogP contribution in [0, 0.1) is 5.92 Å². The molecule has 20 heavy (non-hydrogen) atoms. The molecule has 0 saturated carbocycles. The van der Waals surface area contributed by atoms with E-state index in [9.17, 15) is 0 Å². The first-order chi connectivity index (χ1) is 9.45. The lowest BCUT2D eigenvalue weighted by atomic mass is 9.83. The van der Waals surface area contributed by atoms with Gasteiger partial charge in [0.2, 0.25) is 0 Å². The summed E-state index contributed by atoms with van der Waals surface area (Å²) >= 11 is 4.06. The zero-order valence-corrected chi connectivity index (χ0v) is 13.3. The molecule has 0 bridgehead atoms. The zero-order valence-electron chi connectivity index (χ0n) is 12.4. The van der Waals surface area contributed by atoms with Crippen LogP contribution in [0.25, 0.3) is 0 Å². The van der Waals surface area contributed by atoms with Gasteiger partial charge >= 0.3 is 0 Å².